The molecule has 0 aliphatic heterocycles. The topological polar surface area (TPSA) is 21.3 Å². The van der Waals surface area contributed by atoms with Crippen molar-refractivity contribution in [3.05, 3.63) is 57.8 Å². The molecule has 0 bridgehead atoms. The second-order valence-electron chi connectivity index (χ2n) is 5.28. The molecule has 21 heavy (non-hydrogen) atoms. The zero-order valence-electron chi connectivity index (χ0n) is 11.8. The first kappa shape index (κ1) is 14.4. The molecule has 0 fully saturated rings. The molecule has 2 aromatic carbocycles. The van der Waals surface area contributed by atoms with E-state index in [0.29, 0.717) is 5.69 Å². The Morgan fingerprint density at radius 1 is 1.24 bits per heavy atom. The third-order valence-electron chi connectivity index (χ3n) is 3.93. The highest BCUT2D eigenvalue weighted by molar-refractivity contribution is 9.10. The van der Waals surface area contributed by atoms with E-state index in [9.17, 15) is 4.39 Å². The number of aryl methyl sites for hydroxylation is 1. The number of hydrogen-bond donors (Lipinski definition) is 1. The Labute approximate surface area is 132 Å². The van der Waals surface area contributed by atoms with Crippen LogP contribution in [0.15, 0.2) is 40.9 Å². The molecular formula is C17H17BrFNO. The Bertz CT molecular complexity index is 659. The smallest absolute Gasteiger partial charge is 0.147 e. The molecule has 4 heteroatoms. The van der Waals surface area contributed by atoms with Gasteiger partial charge in [0, 0.05) is 4.47 Å². The van der Waals surface area contributed by atoms with E-state index in [0.717, 1.165) is 29.5 Å². The van der Waals surface area contributed by atoms with Gasteiger partial charge in [-0.05, 0) is 60.7 Å². The van der Waals surface area contributed by atoms with E-state index in [1.165, 1.54) is 17.2 Å². The molecule has 0 spiro atoms. The molecule has 0 radical (unpaired) electrons. The number of anilines is 1. The number of methoxy groups -OCH3 is 1. The Morgan fingerprint density at radius 2 is 2.10 bits per heavy atom. The van der Waals surface area contributed by atoms with E-state index in [-0.39, 0.29) is 11.9 Å². The van der Waals surface area contributed by atoms with Crippen molar-refractivity contribution in [1.82, 2.24) is 0 Å². The predicted molar refractivity (Wildman–Crippen MR) is 86.4 cm³/mol. The third-order valence-corrected chi connectivity index (χ3v) is 4.42. The van der Waals surface area contributed by atoms with Gasteiger partial charge in [-0.15, -0.1) is 0 Å². The standard InChI is InChI=1S/C17H17BrFNO/c1-21-13-7-5-11-3-2-4-16(14(11)10-13)20-17-8-6-12(18)9-15(17)19/h5-10,16,20H,2-4H2,1H3. The number of halogens is 2. The van der Waals surface area contributed by atoms with E-state index in [2.05, 4.69) is 33.4 Å². The summed E-state index contributed by atoms with van der Waals surface area (Å²) in [6.07, 6.45) is 3.17. The molecule has 0 saturated carbocycles. The van der Waals surface area contributed by atoms with Crippen molar-refractivity contribution in [2.75, 3.05) is 12.4 Å². The summed E-state index contributed by atoms with van der Waals surface area (Å²) < 4.78 is 20.1. The fourth-order valence-electron chi connectivity index (χ4n) is 2.85. The van der Waals surface area contributed by atoms with Crippen LogP contribution in [0.5, 0.6) is 5.75 Å². The summed E-state index contributed by atoms with van der Waals surface area (Å²) in [6, 6.07) is 11.4. The van der Waals surface area contributed by atoms with Gasteiger partial charge in [-0.25, -0.2) is 4.39 Å². The van der Waals surface area contributed by atoms with Crippen LogP contribution in [-0.2, 0) is 6.42 Å². The lowest BCUT2D eigenvalue weighted by molar-refractivity contribution is 0.413. The van der Waals surface area contributed by atoms with Crippen LogP contribution in [0.25, 0.3) is 0 Å². The lowest BCUT2D eigenvalue weighted by Gasteiger charge is -2.28. The summed E-state index contributed by atoms with van der Waals surface area (Å²) >= 11 is 3.28. The number of fused-ring (bicyclic) bond motifs is 1. The molecule has 110 valence electrons. The summed E-state index contributed by atoms with van der Waals surface area (Å²) in [7, 11) is 1.67. The molecule has 2 aromatic rings. The quantitative estimate of drug-likeness (QED) is 0.833. The van der Waals surface area contributed by atoms with Gasteiger partial charge in [-0.2, -0.15) is 0 Å². The van der Waals surface area contributed by atoms with Crippen molar-refractivity contribution in [3.8, 4) is 5.75 Å². The Kier molecular flexibility index (Phi) is 4.15. The van der Waals surface area contributed by atoms with Crippen LogP contribution in [0.3, 0.4) is 0 Å². The number of ether oxygens (including phenoxy) is 1. The second kappa shape index (κ2) is 6.06. The van der Waals surface area contributed by atoms with E-state index >= 15 is 0 Å². The molecule has 1 aliphatic rings. The van der Waals surface area contributed by atoms with Crippen molar-refractivity contribution in [3.63, 3.8) is 0 Å². The van der Waals surface area contributed by atoms with E-state index in [1.807, 2.05) is 12.1 Å². The highest BCUT2D eigenvalue weighted by atomic mass is 79.9. The number of hydrogen-bond acceptors (Lipinski definition) is 2. The first-order valence-electron chi connectivity index (χ1n) is 7.06. The summed E-state index contributed by atoms with van der Waals surface area (Å²) in [6.45, 7) is 0. The van der Waals surface area contributed by atoms with Gasteiger partial charge in [0.2, 0.25) is 0 Å². The van der Waals surface area contributed by atoms with Crippen LogP contribution in [0.2, 0.25) is 0 Å². The monoisotopic (exact) mass is 349 g/mol. The Hall–Kier alpha value is -1.55. The second-order valence-corrected chi connectivity index (χ2v) is 6.19. The van der Waals surface area contributed by atoms with Gasteiger partial charge in [0.1, 0.15) is 11.6 Å². The molecule has 0 aromatic heterocycles. The number of nitrogens with one attached hydrogen (secondary N) is 1. The maximum atomic E-state index is 14.0. The van der Waals surface area contributed by atoms with Crippen LogP contribution < -0.4 is 10.1 Å². The summed E-state index contributed by atoms with van der Waals surface area (Å²) in [5.74, 6) is 0.609. The van der Waals surface area contributed by atoms with Gasteiger partial charge < -0.3 is 10.1 Å². The van der Waals surface area contributed by atoms with Gasteiger partial charge in [0.05, 0.1) is 18.8 Å². The summed E-state index contributed by atoms with van der Waals surface area (Å²) in [5, 5.41) is 3.33. The first-order valence-corrected chi connectivity index (χ1v) is 7.85. The van der Waals surface area contributed by atoms with Crippen LogP contribution in [0.1, 0.15) is 30.0 Å². The molecule has 1 aliphatic carbocycles. The minimum absolute atomic E-state index is 0.125. The minimum atomic E-state index is -0.237. The lowest BCUT2D eigenvalue weighted by Crippen LogP contribution is -2.18. The normalized spacial score (nSPS) is 17.2. The molecule has 3 rings (SSSR count). The van der Waals surface area contributed by atoms with Crippen molar-refractivity contribution in [2.24, 2.45) is 0 Å². The summed E-state index contributed by atoms with van der Waals surface area (Å²) in [4.78, 5) is 0. The predicted octanol–water partition coefficient (Wildman–Crippen LogP) is 5.09. The van der Waals surface area contributed by atoms with Crippen molar-refractivity contribution >= 4 is 21.6 Å². The minimum Gasteiger partial charge on any atom is -0.497 e. The van der Waals surface area contributed by atoms with Crippen LogP contribution >= 0.6 is 15.9 Å². The lowest BCUT2D eigenvalue weighted by atomic mass is 9.87. The highest BCUT2D eigenvalue weighted by Crippen LogP contribution is 2.35. The van der Waals surface area contributed by atoms with Crippen LogP contribution in [0.4, 0.5) is 10.1 Å². The highest BCUT2D eigenvalue weighted by Gasteiger charge is 2.21. The SMILES string of the molecule is COc1ccc2c(c1)C(Nc1ccc(Br)cc1F)CCC2. The van der Waals surface area contributed by atoms with E-state index in [1.54, 1.807) is 13.2 Å². The Balaban J connectivity index is 1.90. The van der Waals surface area contributed by atoms with Crippen molar-refractivity contribution < 1.29 is 9.13 Å². The number of rotatable bonds is 3. The average Bonchev–Trinajstić information content (AvgIpc) is 2.50. The molecule has 2 nitrogen and oxygen atoms in total. The average molecular weight is 350 g/mol. The van der Waals surface area contributed by atoms with Crippen LogP contribution in [0, 0.1) is 5.82 Å². The Morgan fingerprint density at radius 3 is 2.86 bits per heavy atom. The van der Waals surface area contributed by atoms with E-state index < -0.39 is 0 Å². The summed E-state index contributed by atoms with van der Waals surface area (Å²) in [5.41, 5.74) is 3.07. The molecule has 0 amide bonds. The van der Waals surface area contributed by atoms with Gasteiger partial charge in [-0.3, -0.25) is 0 Å². The maximum Gasteiger partial charge on any atom is 0.147 e. The maximum absolute atomic E-state index is 14.0. The third kappa shape index (κ3) is 3.05. The van der Waals surface area contributed by atoms with Crippen molar-refractivity contribution in [2.45, 2.75) is 25.3 Å². The van der Waals surface area contributed by atoms with Gasteiger partial charge in [-0.1, -0.05) is 22.0 Å². The van der Waals surface area contributed by atoms with Gasteiger partial charge >= 0.3 is 0 Å². The van der Waals surface area contributed by atoms with Gasteiger partial charge in [0.25, 0.3) is 0 Å². The fourth-order valence-corrected chi connectivity index (χ4v) is 3.18. The van der Waals surface area contributed by atoms with Crippen molar-refractivity contribution in [1.29, 1.82) is 0 Å². The largest absolute Gasteiger partial charge is 0.497 e. The molecular weight excluding hydrogens is 333 g/mol. The van der Waals surface area contributed by atoms with Crippen LogP contribution in [-0.4, -0.2) is 7.11 Å². The zero-order chi connectivity index (χ0) is 14.8. The molecule has 1 atom stereocenters. The zero-order valence-corrected chi connectivity index (χ0v) is 13.4. The van der Waals surface area contributed by atoms with E-state index in [4.69, 9.17) is 4.74 Å². The molecule has 1 N–H and O–H groups in total. The number of benzene rings is 2. The molecule has 1 unspecified atom stereocenters. The first-order chi connectivity index (χ1) is 10.2. The molecule has 0 heterocycles. The fraction of sp³-hybridized carbons (Fsp3) is 0.294. The molecule has 0 saturated heterocycles. The van der Waals surface area contributed by atoms with Gasteiger partial charge in [0.15, 0.2) is 0 Å².